The van der Waals surface area contributed by atoms with Crippen LogP contribution >= 0.6 is 0 Å². The highest BCUT2D eigenvalue weighted by Gasteiger charge is 2.53. The summed E-state index contributed by atoms with van der Waals surface area (Å²) in [6.45, 7) is 0.455. The predicted octanol–water partition coefficient (Wildman–Crippen LogP) is 3.07. The molecule has 28 heavy (non-hydrogen) atoms. The van der Waals surface area contributed by atoms with E-state index in [1.54, 1.807) is 19.1 Å². The largest absolute Gasteiger partial charge is 0.481 e. The molecule has 2 aliphatic rings. The number of hydrogen-bond donors (Lipinski definition) is 3. The van der Waals surface area contributed by atoms with Gasteiger partial charge in [0.05, 0.1) is 11.8 Å². The third-order valence-electron chi connectivity index (χ3n) is 5.04. The number of halogens is 3. The number of carbonyl (C=O) groups is 3. The molecule has 0 aromatic heterocycles. The highest BCUT2D eigenvalue weighted by molar-refractivity contribution is 5.96. The molecule has 0 spiro atoms. The van der Waals surface area contributed by atoms with Gasteiger partial charge >= 0.3 is 18.2 Å². The molecule has 1 aliphatic heterocycles. The molecule has 1 aromatic carbocycles. The van der Waals surface area contributed by atoms with E-state index in [1.807, 2.05) is 0 Å². The number of carbonyl (C=O) groups excluding carboxylic acids is 2. The smallest absolute Gasteiger partial charge is 0.394 e. The van der Waals surface area contributed by atoms with E-state index in [0.29, 0.717) is 16.9 Å². The molecule has 0 unspecified atom stereocenters. The third kappa shape index (κ3) is 4.37. The number of aryl methyl sites for hydroxylation is 1. The SMILES string of the molecule is Cc1ccc(NC(=O)C2CC2)cc1NC(=O)N1C[C@@H](C(F)(F)F)[C@H](C(=O)O)C1. The van der Waals surface area contributed by atoms with E-state index in [0.717, 1.165) is 17.7 Å². The Bertz CT molecular complexity index is 808. The number of benzene rings is 1. The minimum absolute atomic E-state index is 0.00352. The Morgan fingerprint density at radius 3 is 2.36 bits per heavy atom. The zero-order chi connectivity index (χ0) is 20.6. The molecular formula is C18H20F3N3O4. The van der Waals surface area contributed by atoms with Gasteiger partial charge in [0, 0.05) is 30.4 Å². The number of nitrogens with zero attached hydrogens (tertiary/aromatic N) is 1. The van der Waals surface area contributed by atoms with Gasteiger partial charge in [-0.25, -0.2) is 4.79 Å². The zero-order valence-electron chi connectivity index (χ0n) is 15.0. The van der Waals surface area contributed by atoms with Crippen molar-refractivity contribution >= 4 is 29.3 Å². The summed E-state index contributed by atoms with van der Waals surface area (Å²) in [6, 6.07) is 4.05. The quantitative estimate of drug-likeness (QED) is 0.725. The molecule has 10 heteroatoms. The van der Waals surface area contributed by atoms with Gasteiger partial charge in [0.25, 0.3) is 0 Å². The number of carboxylic acid groups (broad SMARTS) is 1. The number of hydrogen-bond acceptors (Lipinski definition) is 3. The highest BCUT2D eigenvalue weighted by atomic mass is 19.4. The predicted molar refractivity (Wildman–Crippen MR) is 93.8 cm³/mol. The number of rotatable bonds is 4. The Balaban J connectivity index is 1.70. The van der Waals surface area contributed by atoms with E-state index in [-0.39, 0.29) is 11.8 Å². The van der Waals surface area contributed by atoms with Crippen LogP contribution in [0.5, 0.6) is 0 Å². The van der Waals surface area contributed by atoms with Gasteiger partial charge in [-0.05, 0) is 37.5 Å². The van der Waals surface area contributed by atoms with E-state index in [2.05, 4.69) is 10.6 Å². The van der Waals surface area contributed by atoms with Crippen LogP contribution in [0.3, 0.4) is 0 Å². The molecule has 1 heterocycles. The van der Waals surface area contributed by atoms with Crippen LogP contribution in [0.1, 0.15) is 18.4 Å². The molecule has 1 aliphatic carbocycles. The molecule has 3 rings (SSSR count). The second-order valence-corrected chi connectivity index (χ2v) is 7.22. The zero-order valence-corrected chi connectivity index (χ0v) is 15.0. The maximum absolute atomic E-state index is 13.1. The molecule has 1 saturated carbocycles. The van der Waals surface area contributed by atoms with Gasteiger partial charge in [-0.3, -0.25) is 9.59 Å². The number of nitrogens with one attached hydrogen (secondary N) is 2. The van der Waals surface area contributed by atoms with Crippen molar-refractivity contribution in [2.24, 2.45) is 17.8 Å². The van der Waals surface area contributed by atoms with Crippen LogP contribution in [0.2, 0.25) is 0 Å². The molecule has 3 N–H and O–H groups in total. The maximum atomic E-state index is 13.1. The van der Waals surface area contributed by atoms with Crippen molar-refractivity contribution in [3.8, 4) is 0 Å². The van der Waals surface area contributed by atoms with Crippen molar-refractivity contribution in [3.05, 3.63) is 23.8 Å². The fourth-order valence-electron chi connectivity index (χ4n) is 3.17. The fourth-order valence-corrected chi connectivity index (χ4v) is 3.17. The maximum Gasteiger partial charge on any atom is 0.394 e. The average molecular weight is 399 g/mol. The first-order valence-electron chi connectivity index (χ1n) is 8.83. The minimum atomic E-state index is -4.71. The molecule has 2 fully saturated rings. The normalized spacial score (nSPS) is 22.1. The summed E-state index contributed by atoms with van der Waals surface area (Å²) < 4.78 is 39.2. The summed E-state index contributed by atoms with van der Waals surface area (Å²) in [5, 5.41) is 14.3. The van der Waals surface area contributed by atoms with Crippen LogP contribution in [0.25, 0.3) is 0 Å². The Morgan fingerprint density at radius 1 is 1.14 bits per heavy atom. The molecule has 1 saturated heterocycles. The Kier molecular flexibility index (Phi) is 5.22. The van der Waals surface area contributed by atoms with Gasteiger partial charge in [-0.2, -0.15) is 13.2 Å². The van der Waals surface area contributed by atoms with Gasteiger partial charge in [-0.1, -0.05) is 6.07 Å². The van der Waals surface area contributed by atoms with Crippen molar-refractivity contribution in [2.75, 3.05) is 23.7 Å². The van der Waals surface area contributed by atoms with Crippen LogP contribution in [0, 0.1) is 24.7 Å². The monoisotopic (exact) mass is 399 g/mol. The Morgan fingerprint density at radius 2 is 1.82 bits per heavy atom. The van der Waals surface area contributed by atoms with E-state index in [4.69, 9.17) is 5.11 Å². The topological polar surface area (TPSA) is 98.7 Å². The van der Waals surface area contributed by atoms with E-state index < -0.39 is 43.1 Å². The minimum Gasteiger partial charge on any atom is -0.481 e. The van der Waals surface area contributed by atoms with Gasteiger partial charge in [-0.15, -0.1) is 0 Å². The molecule has 2 atom stereocenters. The van der Waals surface area contributed by atoms with Crippen molar-refractivity contribution in [1.82, 2.24) is 4.90 Å². The Labute approximate surface area is 158 Å². The number of anilines is 2. The molecule has 0 radical (unpaired) electrons. The van der Waals surface area contributed by atoms with Crippen LogP contribution in [0.4, 0.5) is 29.3 Å². The molecule has 152 valence electrons. The number of carboxylic acids is 1. The standard InChI is InChI=1S/C18H20F3N3O4/c1-9-2-5-11(22-15(25)10-3-4-10)6-14(9)23-17(28)24-7-12(16(26)27)13(8-24)18(19,20)21/h2,5-6,10,12-13H,3-4,7-8H2,1H3,(H,22,25)(H,23,28)(H,26,27)/t12-,13-/m1/s1. The summed E-state index contributed by atoms with van der Waals surface area (Å²) in [5.74, 6) is -5.51. The van der Waals surface area contributed by atoms with Gasteiger partial charge in [0.2, 0.25) is 5.91 Å². The molecule has 1 aromatic rings. The lowest BCUT2D eigenvalue weighted by molar-refractivity contribution is -0.187. The van der Waals surface area contributed by atoms with Crippen LogP contribution < -0.4 is 10.6 Å². The van der Waals surface area contributed by atoms with Crippen LogP contribution in [-0.4, -0.2) is 47.2 Å². The van der Waals surface area contributed by atoms with Crippen LogP contribution in [-0.2, 0) is 9.59 Å². The summed E-state index contributed by atoms with van der Waals surface area (Å²) in [5.41, 5.74) is 1.45. The first-order chi connectivity index (χ1) is 13.1. The lowest BCUT2D eigenvalue weighted by atomic mass is 9.96. The van der Waals surface area contributed by atoms with E-state index >= 15 is 0 Å². The summed E-state index contributed by atoms with van der Waals surface area (Å²) in [4.78, 5) is 36.3. The first kappa shape index (κ1) is 20.0. The number of alkyl halides is 3. The lowest BCUT2D eigenvalue weighted by Gasteiger charge is -2.19. The van der Waals surface area contributed by atoms with Crippen molar-refractivity contribution < 1.29 is 32.7 Å². The summed E-state index contributed by atoms with van der Waals surface area (Å²) in [7, 11) is 0. The van der Waals surface area contributed by atoms with Crippen molar-refractivity contribution in [2.45, 2.75) is 25.9 Å². The lowest BCUT2D eigenvalue weighted by Crippen LogP contribution is -2.35. The summed E-state index contributed by atoms with van der Waals surface area (Å²) >= 11 is 0. The first-order valence-corrected chi connectivity index (χ1v) is 8.83. The molecule has 7 nitrogen and oxygen atoms in total. The third-order valence-corrected chi connectivity index (χ3v) is 5.04. The van der Waals surface area contributed by atoms with Gasteiger partial charge in [0.15, 0.2) is 0 Å². The molecular weight excluding hydrogens is 379 g/mol. The summed E-state index contributed by atoms with van der Waals surface area (Å²) in [6.07, 6.45) is -3.04. The number of urea groups is 1. The molecule has 0 bridgehead atoms. The van der Waals surface area contributed by atoms with E-state index in [9.17, 15) is 27.6 Å². The van der Waals surface area contributed by atoms with Gasteiger partial charge < -0.3 is 20.6 Å². The van der Waals surface area contributed by atoms with Gasteiger partial charge in [0.1, 0.15) is 0 Å². The average Bonchev–Trinajstić information content (AvgIpc) is 3.34. The second kappa shape index (κ2) is 7.33. The van der Waals surface area contributed by atoms with E-state index in [1.165, 1.54) is 6.07 Å². The van der Waals surface area contributed by atoms with Crippen molar-refractivity contribution in [1.29, 1.82) is 0 Å². The number of likely N-dealkylation sites (tertiary alicyclic amines) is 1. The Hall–Kier alpha value is -2.78. The number of aliphatic carboxylic acids is 1. The highest BCUT2D eigenvalue weighted by Crippen LogP contribution is 2.38. The van der Waals surface area contributed by atoms with Crippen molar-refractivity contribution in [3.63, 3.8) is 0 Å². The van der Waals surface area contributed by atoms with Crippen LogP contribution in [0.15, 0.2) is 18.2 Å². The second-order valence-electron chi connectivity index (χ2n) is 7.22. The number of amides is 3. The fraction of sp³-hybridized carbons (Fsp3) is 0.500. The molecule has 3 amide bonds.